The van der Waals surface area contributed by atoms with Crippen molar-refractivity contribution in [1.29, 1.82) is 0 Å². The number of nitrogens with zero attached hydrogens (tertiary/aromatic N) is 1. The number of carboxylic acids is 1. The van der Waals surface area contributed by atoms with Crippen LogP contribution in [0.4, 0.5) is 4.39 Å². The van der Waals surface area contributed by atoms with E-state index in [1.54, 1.807) is 18.2 Å². The first-order valence-electron chi connectivity index (χ1n) is 7.79. The molecule has 0 amide bonds. The van der Waals surface area contributed by atoms with Crippen LogP contribution in [0.5, 0.6) is 0 Å². The van der Waals surface area contributed by atoms with Gasteiger partial charge in [0.1, 0.15) is 16.9 Å². The first-order valence-corrected chi connectivity index (χ1v) is 7.79. The number of benzene rings is 2. The van der Waals surface area contributed by atoms with E-state index in [0.29, 0.717) is 5.52 Å². The molecule has 4 rings (SSSR count). The van der Waals surface area contributed by atoms with Gasteiger partial charge in [-0.15, -0.1) is 0 Å². The summed E-state index contributed by atoms with van der Waals surface area (Å²) in [4.78, 5) is 15.5. The summed E-state index contributed by atoms with van der Waals surface area (Å²) in [7, 11) is 0. The molecule has 0 radical (unpaired) electrons. The van der Waals surface area contributed by atoms with E-state index in [0.717, 1.165) is 24.9 Å². The number of hydrogen-bond acceptors (Lipinski definition) is 4. The summed E-state index contributed by atoms with van der Waals surface area (Å²) in [5.41, 5.74) is 1.69. The first-order chi connectivity index (χ1) is 11.6. The number of carbonyl (C=O) groups is 1. The number of para-hydroxylation sites is 1. The number of carboxylic acid groups (broad SMARTS) is 1. The number of hydrogen-bond donors (Lipinski definition) is 2. The second kappa shape index (κ2) is 5.72. The molecule has 1 saturated heterocycles. The normalized spacial score (nSPS) is 17.5. The maximum atomic E-state index is 14.5. The smallest absolute Gasteiger partial charge is 0.339 e. The fourth-order valence-electron chi connectivity index (χ4n) is 3.12. The van der Waals surface area contributed by atoms with E-state index in [-0.39, 0.29) is 28.6 Å². The molecular formula is C18H15FN2O3. The molecule has 2 N–H and O–H groups in total. The van der Waals surface area contributed by atoms with Crippen LogP contribution >= 0.6 is 0 Å². The summed E-state index contributed by atoms with van der Waals surface area (Å²) >= 11 is 0. The Morgan fingerprint density at radius 1 is 1.33 bits per heavy atom. The van der Waals surface area contributed by atoms with Gasteiger partial charge in [-0.3, -0.25) is 0 Å². The quantitative estimate of drug-likeness (QED) is 0.766. The zero-order chi connectivity index (χ0) is 16.7. The predicted molar refractivity (Wildman–Crippen MR) is 86.3 cm³/mol. The van der Waals surface area contributed by atoms with Crippen LogP contribution in [0.25, 0.3) is 22.6 Å². The molecule has 24 heavy (non-hydrogen) atoms. The van der Waals surface area contributed by atoms with Crippen LogP contribution in [0.1, 0.15) is 34.8 Å². The largest absolute Gasteiger partial charge is 0.478 e. The maximum Gasteiger partial charge on any atom is 0.339 e. The third-order valence-electron chi connectivity index (χ3n) is 4.33. The second-order valence-corrected chi connectivity index (χ2v) is 5.87. The molecule has 0 saturated carbocycles. The number of aromatic nitrogens is 1. The molecule has 0 bridgehead atoms. The zero-order valence-electron chi connectivity index (χ0n) is 12.8. The molecule has 1 atom stereocenters. The summed E-state index contributed by atoms with van der Waals surface area (Å²) in [5.74, 6) is -1.45. The molecule has 1 aliphatic rings. The van der Waals surface area contributed by atoms with Crippen LogP contribution in [0, 0.1) is 5.82 Å². The number of halogens is 1. The van der Waals surface area contributed by atoms with Gasteiger partial charge in [-0.1, -0.05) is 12.1 Å². The number of rotatable bonds is 3. The van der Waals surface area contributed by atoms with E-state index in [1.807, 2.05) is 6.07 Å². The van der Waals surface area contributed by atoms with Gasteiger partial charge in [0.2, 0.25) is 5.89 Å². The van der Waals surface area contributed by atoms with Crippen molar-refractivity contribution in [2.45, 2.75) is 18.9 Å². The van der Waals surface area contributed by atoms with Crippen LogP contribution < -0.4 is 5.32 Å². The maximum absolute atomic E-state index is 14.5. The van der Waals surface area contributed by atoms with E-state index in [4.69, 9.17) is 4.42 Å². The minimum Gasteiger partial charge on any atom is -0.478 e. The molecule has 122 valence electrons. The van der Waals surface area contributed by atoms with E-state index in [9.17, 15) is 14.3 Å². The minimum atomic E-state index is -1.11. The van der Waals surface area contributed by atoms with E-state index in [2.05, 4.69) is 10.3 Å². The highest BCUT2D eigenvalue weighted by molar-refractivity contribution is 6.00. The van der Waals surface area contributed by atoms with Crippen molar-refractivity contribution < 1.29 is 18.7 Å². The van der Waals surface area contributed by atoms with Gasteiger partial charge in [-0.25, -0.2) is 14.2 Å². The molecule has 5 nitrogen and oxygen atoms in total. The van der Waals surface area contributed by atoms with Gasteiger partial charge in [-0.05, 0) is 49.2 Å². The Hall–Kier alpha value is -2.73. The topological polar surface area (TPSA) is 75.4 Å². The molecule has 0 aliphatic carbocycles. The van der Waals surface area contributed by atoms with Gasteiger partial charge in [0.05, 0.1) is 5.56 Å². The zero-order valence-corrected chi connectivity index (χ0v) is 12.8. The Kier molecular flexibility index (Phi) is 3.54. The molecular weight excluding hydrogens is 311 g/mol. The molecule has 0 spiro atoms. The SMILES string of the molecule is O=C(O)c1cccc2nc(-c3ccc(C4CCCN4)cc3F)oc12. The molecule has 1 fully saturated rings. The number of aromatic carboxylic acids is 1. The Morgan fingerprint density at radius 2 is 2.21 bits per heavy atom. The number of oxazole rings is 1. The van der Waals surface area contributed by atoms with Gasteiger partial charge < -0.3 is 14.8 Å². The molecule has 6 heteroatoms. The van der Waals surface area contributed by atoms with E-state index < -0.39 is 11.8 Å². The fourth-order valence-corrected chi connectivity index (χ4v) is 3.12. The van der Waals surface area contributed by atoms with Crippen molar-refractivity contribution in [3.63, 3.8) is 0 Å². The number of nitrogens with one attached hydrogen (secondary N) is 1. The Morgan fingerprint density at radius 3 is 2.92 bits per heavy atom. The molecule has 2 aromatic carbocycles. The molecule has 1 aromatic heterocycles. The van der Waals surface area contributed by atoms with Gasteiger partial charge in [0.25, 0.3) is 0 Å². The summed E-state index contributed by atoms with van der Waals surface area (Å²) in [5, 5.41) is 12.5. The summed E-state index contributed by atoms with van der Waals surface area (Å²) in [6.45, 7) is 0.942. The second-order valence-electron chi connectivity index (χ2n) is 5.87. The van der Waals surface area contributed by atoms with Gasteiger partial charge in [0, 0.05) is 6.04 Å². The average Bonchev–Trinajstić information content (AvgIpc) is 3.23. The van der Waals surface area contributed by atoms with Crippen molar-refractivity contribution in [1.82, 2.24) is 10.3 Å². The molecule has 1 unspecified atom stereocenters. The van der Waals surface area contributed by atoms with Gasteiger partial charge >= 0.3 is 5.97 Å². The molecule has 3 aromatic rings. The Balaban J connectivity index is 1.77. The van der Waals surface area contributed by atoms with Crippen LogP contribution in [0.2, 0.25) is 0 Å². The lowest BCUT2D eigenvalue weighted by Crippen LogP contribution is -2.12. The predicted octanol–water partition coefficient (Wildman–Crippen LogP) is 3.76. The van der Waals surface area contributed by atoms with Crippen molar-refractivity contribution >= 4 is 17.1 Å². The summed E-state index contributed by atoms with van der Waals surface area (Å²) in [6, 6.07) is 9.82. The van der Waals surface area contributed by atoms with Crippen molar-refractivity contribution in [2.24, 2.45) is 0 Å². The van der Waals surface area contributed by atoms with Gasteiger partial charge in [-0.2, -0.15) is 0 Å². The third-order valence-corrected chi connectivity index (χ3v) is 4.33. The van der Waals surface area contributed by atoms with Gasteiger partial charge in [0.15, 0.2) is 5.58 Å². The van der Waals surface area contributed by atoms with Crippen LogP contribution in [-0.2, 0) is 0 Å². The first kappa shape index (κ1) is 14.8. The number of fused-ring (bicyclic) bond motifs is 1. The lowest BCUT2D eigenvalue weighted by molar-refractivity contribution is 0.0698. The summed E-state index contributed by atoms with van der Waals surface area (Å²) < 4.78 is 20.1. The van der Waals surface area contributed by atoms with Crippen LogP contribution in [0.3, 0.4) is 0 Å². The Labute approximate surface area is 137 Å². The monoisotopic (exact) mass is 326 g/mol. The molecule has 1 aliphatic heterocycles. The van der Waals surface area contributed by atoms with E-state index in [1.165, 1.54) is 12.1 Å². The highest BCUT2D eigenvalue weighted by Crippen LogP contribution is 2.31. The highest BCUT2D eigenvalue weighted by atomic mass is 19.1. The average molecular weight is 326 g/mol. The van der Waals surface area contributed by atoms with E-state index >= 15 is 0 Å². The lowest BCUT2D eigenvalue weighted by atomic mass is 10.0. The highest BCUT2D eigenvalue weighted by Gasteiger charge is 2.20. The van der Waals surface area contributed by atoms with Crippen molar-refractivity contribution in [3.05, 3.63) is 53.3 Å². The Bertz CT molecular complexity index is 929. The lowest BCUT2D eigenvalue weighted by Gasteiger charge is -2.11. The third kappa shape index (κ3) is 2.45. The fraction of sp³-hybridized carbons (Fsp3) is 0.222. The standard InChI is InChI=1S/C18H15FN2O3/c19-13-9-10(14-5-2-8-20-14)6-7-11(13)17-21-15-4-1-3-12(18(22)23)16(15)24-17/h1,3-4,6-7,9,14,20H,2,5,8H2,(H,22,23). The van der Waals surface area contributed by atoms with Crippen molar-refractivity contribution in [2.75, 3.05) is 6.54 Å². The van der Waals surface area contributed by atoms with Crippen LogP contribution in [-0.4, -0.2) is 22.6 Å². The minimum absolute atomic E-state index is 0.0124. The van der Waals surface area contributed by atoms with Crippen LogP contribution in [0.15, 0.2) is 40.8 Å². The van der Waals surface area contributed by atoms with Crippen molar-refractivity contribution in [3.8, 4) is 11.5 Å². The summed E-state index contributed by atoms with van der Waals surface area (Å²) in [6.07, 6.45) is 2.07. The molecule has 2 heterocycles.